The lowest BCUT2D eigenvalue weighted by Gasteiger charge is -2.38. The van der Waals surface area contributed by atoms with Crippen LogP contribution in [0.25, 0.3) is 0 Å². The summed E-state index contributed by atoms with van der Waals surface area (Å²) in [5.74, 6) is -0.358. The number of carbonyl (C=O) groups is 2. The van der Waals surface area contributed by atoms with Crippen LogP contribution in [0, 0.1) is 0 Å². The number of hydrogen-bond donors (Lipinski definition) is 0. The number of hydrogen-bond acceptors (Lipinski definition) is 4. The van der Waals surface area contributed by atoms with E-state index >= 15 is 0 Å². The molecule has 2 aromatic rings. The van der Waals surface area contributed by atoms with Crippen molar-refractivity contribution < 1.29 is 19.1 Å². The van der Waals surface area contributed by atoms with Crippen LogP contribution in [0.1, 0.15) is 53.9 Å². The summed E-state index contributed by atoms with van der Waals surface area (Å²) in [6.07, 6.45) is 0.321. The van der Waals surface area contributed by atoms with Gasteiger partial charge in [-0.25, -0.2) is 9.59 Å². The number of ether oxygens (including phenoxy) is 2. The van der Waals surface area contributed by atoms with Crippen molar-refractivity contribution in [2.24, 2.45) is 0 Å². The number of nitrogens with zero attached hydrogens (tertiary/aromatic N) is 1. The molecule has 1 amide bonds. The Hall–Kier alpha value is -2.82. The predicted molar refractivity (Wildman–Crippen MR) is 103 cm³/mol. The van der Waals surface area contributed by atoms with Gasteiger partial charge in [-0.05, 0) is 56.0 Å². The van der Waals surface area contributed by atoms with Gasteiger partial charge in [-0.15, -0.1) is 0 Å². The fraction of sp³-hybridized carbons (Fsp3) is 0.364. The van der Waals surface area contributed by atoms with Crippen LogP contribution in [0.5, 0.6) is 0 Å². The van der Waals surface area contributed by atoms with E-state index in [4.69, 9.17) is 9.47 Å². The summed E-state index contributed by atoms with van der Waals surface area (Å²) in [4.78, 5) is 26.5. The Bertz CT molecular complexity index is 839. The number of amides is 1. The summed E-state index contributed by atoms with van der Waals surface area (Å²) in [7, 11) is 1.37. The molecular weight excluding hydrogens is 342 g/mol. The van der Waals surface area contributed by atoms with Crippen LogP contribution in [0.4, 0.5) is 4.79 Å². The molecule has 3 rings (SSSR count). The molecule has 5 nitrogen and oxygen atoms in total. The van der Waals surface area contributed by atoms with Gasteiger partial charge in [0.05, 0.1) is 18.7 Å². The lowest BCUT2D eigenvalue weighted by molar-refractivity contribution is 0.0177. The number of fused-ring (bicyclic) bond motifs is 1. The van der Waals surface area contributed by atoms with Crippen LogP contribution in [-0.4, -0.2) is 36.2 Å². The molecule has 0 unspecified atom stereocenters. The number of methoxy groups -OCH3 is 1. The minimum absolute atomic E-state index is 0.253. The van der Waals surface area contributed by atoms with Gasteiger partial charge in [-0.3, -0.25) is 4.90 Å². The third-order valence-electron chi connectivity index (χ3n) is 4.54. The third-order valence-corrected chi connectivity index (χ3v) is 4.54. The number of benzene rings is 2. The molecule has 0 saturated heterocycles. The van der Waals surface area contributed by atoms with Crippen molar-refractivity contribution in [1.29, 1.82) is 0 Å². The van der Waals surface area contributed by atoms with Gasteiger partial charge in [0.1, 0.15) is 5.60 Å². The maximum Gasteiger partial charge on any atom is 0.411 e. The Balaban J connectivity index is 2.03. The van der Waals surface area contributed by atoms with E-state index in [-0.39, 0.29) is 18.1 Å². The topological polar surface area (TPSA) is 55.8 Å². The first-order valence-corrected chi connectivity index (χ1v) is 9.06. The highest BCUT2D eigenvalue weighted by atomic mass is 16.6. The quantitative estimate of drug-likeness (QED) is 0.740. The van der Waals surface area contributed by atoms with Gasteiger partial charge < -0.3 is 9.47 Å². The lowest BCUT2D eigenvalue weighted by atomic mass is 9.87. The summed E-state index contributed by atoms with van der Waals surface area (Å²) in [6.45, 7) is 6.11. The average Bonchev–Trinajstić information content (AvgIpc) is 2.65. The predicted octanol–water partition coefficient (Wildman–Crippen LogP) is 4.36. The molecule has 0 N–H and O–H groups in total. The number of esters is 1. The fourth-order valence-electron chi connectivity index (χ4n) is 3.38. The van der Waals surface area contributed by atoms with Crippen molar-refractivity contribution in [1.82, 2.24) is 4.90 Å². The Labute approximate surface area is 159 Å². The summed E-state index contributed by atoms with van der Waals surface area (Å²) in [5, 5.41) is 0. The molecule has 0 radical (unpaired) electrons. The van der Waals surface area contributed by atoms with E-state index in [0.29, 0.717) is 18.5 Å². The average molecular weight is 367 g/mol. The van der Waals surface area contributed by atoms with E-state index in [9.17, 15) is 9.59 Å². The van der Waals surface area contributed by atoms with Gasteiger partial charge in [-0.1, -0.05) is 36.4 Å². The summed E-state index contributed by atoms with van der Waals surface area (Å²) >= 11 is 0. The van der Waals surface area contributed by atoms with Crippen LogP contribution >= 0.6 is 0 Å². The number of carbonyl (C=O) groups excluding carboxylic acids is 2. The van der Waals surface area contributed by atoms with E-state index in [0.717, 1.165) is 16.7 Å². The van der Waals surface area contributed by atoms with Crippen LogP contribution in [-0.2, 0) is 15.9 Å². The molecule has 1 aliphatic rings. The summed E-state index contributed by atoms with van der Waals surface area (Å²) < 4.78 is 10.5. The van der Waals surface area contributed by atoms with Gasteiger partial charge in [-0.2, -0.15) is 0 Å². The maximum atomic E-state index is 12.9. The molecule has 5 heteroatoms. The molecule has 0 fully saturated rings. The second kappa shape index (κ2) is 7.43. The molecule has 0 bridgehead atoms. The number of rotatable bonds is 2. The molecule has 0 saturated carbocycles. The van der Waals surface area contributed by atoms with Crippen molar-refractivity contribution in [2.75, 3.05) is 13.7 Å². The maximum absolute atomic E-state index is 12.9. The summed E-state index contributed by atoms with van der Waals surface area (Å²) in [6, 6.07) is 15.1. The van der Waals surface area contributed by atoms with Gasteiger partial charge >= 0.3 is 12.1 Å². The molecule has 1 atom stereocenters. The molecule has 1 aliphatic heterocycles. The first-order valence-electron chi connectivity index (χ1n) is 9.06. The van der Waals surface area contributed by atoms with E-state index in [1.807, 2.05) is 63.2 Å². The molecule has 1 heterocycles. The highest BCUT2D eigenvalue weighted by Crippen LogP contribution is 2.36. The first-order chi connectivity index (χ1) is 12.8. The van der Waals surface area contributed by atoms with Crippen molar-refractivity contribution >= 4 is 12.1 Å². The molecular formula is C22H25NO4. The van der Waals surface area contributed by atoms with Crippen LogP contribution < -0.4 is 0 Å². The van der Waals surface area contributed by atoms with Crippen LogP contribution in [0.2, 0.25) is 0 Å². The molecule has 0 aromatic heterocycles. The standard InChI is InChI=1S/C22H25NO4/c1-22(2,3)27-21(25)23-13-12-16-14-17(20(24)26-4)10-11-18(16)19(23)15-8-6-5-7-9-15/h5-11,14,19H,12-13H2,1-4H3/t19-/m1/s1. The Morgan fingerprint density at radius 3 is 2.41 bits per heavy atom. The zero-order valence-electron chi connectivity index (χ0n) is 16.2. The van der Waals surface area contributed by atoms with Gasteiger partial charge in [0, 0.05) is 6.54 Å². The van der Waals surface area contributed by atoms with Gasteiger partial charge in [0.2, 0.25) is 0 Å². The molecule has 0 aliphatic carbocycles. The zero-order chi connectivity index (χ0) is 19.6. The SMILES string of the molecule is COC(=O)c1ccc2c(c1)CCN(C(=O)OC(C)(C)C)[C@@H]2c1ccccc1. The fourth-order valence-corrected chi connectivity index (χ4v) is 3.38. The largest absolute Gasteiger partial charge is 0.465 e. The third kappa shape index (κ3) is 4.13. The van der Waals surface area contributed by atoms with Crippen molar-refractivity contribution in [3.63, 3.8) is 0 Å². The minimum Gasteiger partial charge on any atom is -0.465 e. The second-order valence-electron chi connectivity index (χ2n) is 7.64. The van der Waals surface area contributed by atoms with Crippen LogP contribution in [0.15, 0.2) is 48.5 Å². The van der Waals surface area contributed by atoms with E-state index in [1.165, 1.54) is 7.11 Å². The van der Waals surface area contributed by atoms with Gasteiger partial charge in [0.15, 0.2) is 0 Å². The normalized spacial score (nSPS) is 16.4. The zero-order valence-corrected chi connectivity index (χ0v) is 16.2. The van der Waals surface area contributed by atoms with Crippen LogP contribution in [0.3, 0.4) is 0 Å². The Morgan fingerprint density at radius 2 is 1.78 bits per heavy atom. The Morgan fingerprint density at radius 1 is 1.07 bits per heavy atom. The lowest BCUT2D eigenvalue weighted by Crippen LogP contribution is -2.43. The highest BCUT2D eigenvalue weighted by molar-refractivity contribution is 5.89. The highest BCUT2D eigenvalue weighted by Gasteiger charge is 2.35. The molecule has 27 heavy (non-hydrogen) atoms. The van der Waals surface area contributed by atoms with Gasteiger partial charge in [0.25, 0.3) is 0 Å². The van der Waals surface area contributed by atoms with Crippen molar-refractivity contribution in [3.05, 3.63) is 70.8 Å². The Kier molecular flexibility index (Phi) is 5.22. The first kappa shape index (κ1) is 19.0. The van der Waals surface area contributed by atoms with Crippen molar-refractivity contribution in [3.8, 4) is 0 Å². The van der Waals surface area contributed by atoms with E-state index < -0.39 is 5.60 Å². The van der Waals surface area contributed by atoms with Crippen molar-refractivity contribution in [2.45, 2.75) is 38.8 Å². The molecule has 2 aromatic carbocycles. The second-order valence-corrected chi connectivity index (χ2v) is 7.64. The smallest absolute Gasteiger partial charge is 0.411 e. The molecule has 0 spiro atoms. The molecule has 142 valence electrons. The summed E-state index contributed by atoms with van der Waals surface area (Å²) in [5.41, 5.74) is 3.02. The monoisotopic (exact) mass is 367 g/mol. The minimum atomic E-state index is -0.562. The van der Waals surface area contributed by atoms with E-state index in [1.54, 1.807) is 11.0 Å². The van der Waals surface area contributed by atoms with E-state index in [2.05, 4.69) is 0 Å².